The molecule has 140 valence electrons. The summed E-state index contributed by atoms with van der Waals surface area (Å²) in [6.45, 7) is 7.54. The second-order valence-corrected chi connectivity index (χ2v) is 6.76. The van der Waals surface area contributed by atoms with Crippen LogP contribution >= 0.6 is 0 Å². The van der Waals surface area contributed by atoms with E-state index in [4.69, 9.17) is 0 Å². The summed E-state index contributed by atoms with van der Waals surface area (Å²) in [6, 6.07) is 2.08. The van der Waals surface area contributed by atoms with Gasteiger partial charge in [-0.15, -0.1) is 0 Å². The monoisotopic (exact) mass is 359 g/mol. The molecule has 0 fully saturated rings. The number of carboxylic acids is 1. The number of nitrogens with one attached hydrogen (secondary N) is 1. The molecule has 3 rings (SSSR count). The fraction of sp³-hybridized carbons (Fsp3) is 0.556. The van der Waals surface area contributed by atoms with Crippen molar-refractivity contribution in [1.29, 1.82) is 0 Å². The third-order valence-electron chi connectivity index (χ3n) is 4.96. The highest BCUT2D eigenvalue weighted by molar-refractivity contribution is 5.87. The van der Waals surface area contributed by atoms with Crippen LogP contribution in [0.1, 0.15) is 46.5 Å². The molecule has 8 heteroatoms. The van der Waals surface area contributed by atoms with Crippen LogP contribution in [0.2, 0.25) is 0 Å². The summed E-state index contributed by atoms with van der Waals surface area (Å²) >= 11 is 0. The van der Waals surface area contributed by atoms with E-state index in [0.717, 1.165) is 35.5 Å². The van der Waals surface area contributed by atoms with Crippen LogP contribution in [0.5, 0.6) is 0 Å². The van der Waals surface area contributed by atoms with E-state index in [2.05, 4.69) is 15.4 Å². The van der Waals surface area contributed by atoms with Gasteiger partial charge in [-0.3, -0.25) is 9.25 Å². The number of aromatic carboxylic acids is 1. The molecule has 1 atom stereocenters. The van der Waals surface area contributed by atoms with Crippen LogP contribution in [-0.4, -0.2) is 43.0 Å². The summed E-state index contributed by atoms with van der Waals surface area (Å²) in [4.78, 5) is 27.5. The van der Waals surface area contributed by atoms with Gasteiger partial charge >= 0.3 is 11.7 Å². The molecule has 2 aromatic heterocycles. The Morgan fingerprint density at radius 1 is 1.42 bits per heavy atom. The van der Waals surface area contributed by atoms with Crippen LogP contribution < -0.4 is 11.0 Å². The normalized spacial score (nSPS) is 16.5. The van der Waals surface area contributed by atoms with E-state index in [1.54, 1.807) is 9.25 Å². The lowest BCUT2D eigenvalue weighted by Crippen LogP contribution is -2.38. The summed E-state index contributed by atoms with van der Waals surface area (Å²) in [7, 11) is 0. The Morgan fingerprint density at radius 3 is 2.85 bits per heavy atom. The lowest BCUT2D eigenvalue weighted by atomic mass is 9.91. The van der Waals surface area contributed by atoms with Gasteiger partial charge < -0.3 is 10.4 Å². The van der Waals surface area contributed by atoms with Crippen LogP contribution in [-0.2, 0) is 25.9 Å². The molecule has 0 spiro atoms. The Hall–Kier alpha value is -2.48. The Balaban J connectivity index is 1.66. The summed E-state index contributed by atoms with van der Waals surface area (Å²) in [5.41, 5.74) is 3.44. The Morgan fingerprint density at radius 2 is 2.19 bits per heavy atom. The summed E-state index contributed by atoms with van der Waals surface area (Å²) in [5.74, 6) is -0.970. The van der Waals surface area contributed by atoms with E-state index in [0.29, 0.717) is 26.1 Å². The molecule has 8 nitrogen and oxygen atoms in total. The molecule has 0 radical (unpaired) electrons. The molecule has 1 aliphatic rings. The number of carbonyl (C=O) groups is 1. The first-order chi connectivity index (χ1) is 12.4. The molecule has 1 aliphatic carbocycles. The van der Waals surface area contributed by atoms with E-state index in [1.165, 1.54) is 0 Å². The summed E-state index contributed by atoms with van der Waals surface area (Å²) < 4.78 is 3.46. The number of aromatic nitrogens is 4. The number of nitrogens with zero attached hydrogens (tertiary/aromatic N) is 4. The maximum atomic E-state index is 12.0. The zero-order valence-corrected chi connectivity index (χ0v) is 15.4. The quantitative estimate of drug-likeness (QED) is 0.795. The van der Waals surface area contributed by atoms with Gasteiger partial charge in [-0.1, -0.05) is 0 Å². The summed E-state index contributed by atoms with van der Waals surface area (Å²) in [5, 5.41) is 17.1. The Labute approximate surface area is 151 Å². The molecule has 0 saturated carbocycles. The standard InChI is InChI=1S/C18H25N5O3/c1-4-23-15-6-5-13(10-14(15)16(21-23)17(24)25)19-7-8-22-12(3)9-11(2)20-18(22)26/h9,13,19H,4-8,10H2,1-3H3,(H,24,25)/t13-/m1/s1. The fourth-order valence-electron chi connectivity index (χ4n) is 3.72. The number of fused-ring (bicyclic) bond motifs is 1. The van der Waals surface area contributed by atoms with Gasteiger partial charge in [0.1, 0.15) is 0 Å². The second kappa shape index (κ2) is 7.41. The van der Waals surface area contributed by atoms with Crippen molar-refractivity contribution in [2.45, 2.75) is 59.2 Å². The zero-order valence-electron chi connectivity index (χ0n) is 15.4. The minimum Gasteiger partial charge on any atom is -0.476 e. The van der Waals surface area contributed by atoms with Crippen LogP contribution in [0.3, 0.4) is 0 Å². The third-order valence-corrected chi connectivity index (χ3v) is 4.96. The molecular weight excluding hydrogens is 334 g/mol. The highest BCUT2D eigenvalue weighted by atomic mass is 16.4. The minimum atomic E-state index is -0.970. The molecule has 0 aliphatic heterocycles. The average Bonchev–Trinajstić information content (AvgIpc) is 2.95. The lowest BCUT2D eigenvalue weighted by Gasteiger charge is -2.24. The molecule has 0 amide bonds. The average molecular weight is 359 g/mol. The third kappa shape index (κ3) is 3.55. The van der Waals surface area contributed by atoms with Crippen molar-refractivity contribution in [3.8, 4) is 0 Å². The van der Waals surface area contributed by atoms with Crippen molar-refractivity contribution in [1.82, 2.24) is 24.6 Å². The molecule has 0 saturated heterocycles. The van der Waals surface area contributed by atoms with E-state index in [-0.39, 0.29) is 17.4 Å². The smallest absolute Gasteiger partial charge is 0.356 e. The lowest BCUT2D eigenvalue weighted by molar-refractivity contribution is 0.0688. The van der Waals surface area contributed by atoms with Gasteiger partial charge in [-0.05, 0) is 46.1 Å². The first kappa shape index (κ1) is 18.3. The summed E-state index contributed by atoms with van der Waals surface area (Å²) in [6.07, 6.45) is 2.39. The van der Waals surface area contributed by atoms with E-state index >= 15 is 0 Å². The second-order valence-electron chi connectivity index (χ2n) is 6.76. The maximum absolute atomic E-state index is 12.0. The van der Waals surface area contributed by atoms with Gasteiger partial charge in [-0.25, -0.2) is 9.59 Å². The van der Waals surface area contributed by atoms with E-state index in [1.807, 2.05) is 26.8 Å². The zero-order chi connectivity index (χ0) is 18.8. The van der Waals surface area contributed by atoms with Gasteiger partial charge in [0.05, 0.1) is 0 Å². The maximum Gasteiger partial charge on any atom is 0.356 e. The van der Waals surface area contributed by atoms with Crippen LogP contribution in [0, 0.1) is 13.8 Å². The van der Waals surface area contributed by atoms with Crippen molar-refractivity contribution in [2.75, 3.05) is 6.54 Å². The van der Waals surface area contributed by atoms with E-state index < -0.39 is 5.97 Å². The van der Waals surface area contributed by atoms with Gasteiger partial charge in [-0.2, -0.15) is 10.1 Å². The van der Waals surface area contributed by atoms with Crippen LogP contribution in [0.4, 0.5) is 0 Å². The van der Waals surface area contributed by atoms with Crippen LogP contribution in [0.15, 0.2) is 10.9 Å². The number of aryl methyl sites for hydroxylation is 3. The number of hydrogen-bond donors (Lipinski definition) is 2. The van der Waals surface area contributed by atoms with E-state index in [9.17, 15) is 14.7 Å². The van der Waals surface area contributed by atoms with Gasteiger partial charge in [0.15, 0.2) is 5.69 Å². The molecule has 2 heterocycles. The number of rotatable bonds is 6. The molecule has 26 heavy (non-hydrogen) atoms. The largest absolute Gasteiger partial charge is 0.476 e. The van der Waals surface area contributed by atoms with Crippen molar-refractivity contribution in [2.24, 2.45) is 0 Å². The Bertz CT molecular complexity index is 884. The first-order valence-electron chi connectivity index (χ1n) is 9.01. The number of hydrogen-bond acceptors (Lipinski definition) is 5. The first-order valence-corrected chi connectivity index (χ1v) is 9.01. The topological polar surface area (TPSA) is 102 Å². The van der Waals surface area contributed by atoms with Crippen molar-refractivity contribution < 1.29 is 9.90 Å². The molecule has 2 aromatic rings. The predicted molar refractivity (Wildman–Crippen MR) is 96.6 cm³/mol. The molecule has 2 N–H and O–H groups in total. The Kier molecular flexibility index (Phi) is 5.22. The molecule has 0 unspecified atom stereocenters. The van der Waals surface area contributed by atoms with Crippen molar-refractivity contribution >= 4 is 5.97 Å². The molecular formula is C18H25N5O3. The van der Waals surface area contributed by atoms with Gasteiger partial charge in [0.2, 0.25) is 0 Å². The molecule has 0 bridgehead atoms. The van der Waals surface area contributed by atoms with Crippen molar-refractivity contribution in [3.05, 3.63) is 44.9 Å². The fourth-order valence-corrected chi connectivity index (χ4v) is 3.72. The molecule has 0 aromatic carbocycles. The minimum absolute atomic E-state index is 0.170. The van der Waals surface area contributed by atoms with Gasteiger partial charge in [0, 0.05) is 48.3 Å². The van der Waals surface area contributed by atoms with Crippen molar-refractivity contribution in [3.63, 3.8) is 0 Å². The number of carboxylic acid groups (broad SMARTS) is 1. The highest BCUT2D eigenvalue weighted by Gasteiger charge is 2.28. The predicted octanol–water partition coefficient (Wildman–Crippen LogP) is 0.922. The van der Waals surface area contributed by atoms with Crippen LogP contribution in [0.25, 0.3) is 0 Å². The van der Waals surface area contributed by atoms with Gasteiger partial charge in [0.25, 0.3) is 0 Å². The highest BCUT2D eigenvalue weighted by Crippen LogP contribution is 2.25. The SMILES string of the molecule is CCn1nc(C(=O)O)c2c1CC[C@@H](NCCn1c(C)cc(C)nc1=O)C2.